The van der Waals surface area contributed by atoms with E-state index < -0.39 is 0 Å². The minimum atomic E-state index is 0.560. The van der Waals surface area contributed by atoms with Crippen LogP contribution in [-0.2, 0) is 5.88 Å². The molecule has 0 aliphatic carbocycles. The fourth-order valence-electron chi connectivity index (χ4n) is 1.21. The molecule has 0 aliphatic heterocycles. The normalized spacial score (nSPS) is 11.0. The lowest BCUT2D eigenvalue weighted by Crippen LogP contribution is -1.86. The van der Waals surface area contributed by atoms with Gasteiger partial charge in [-0.25, -0.2) is 0 Å². The minimum Gasteiger partial charge on any atom is -0.144 e. The first-order valence-electron chi connectivity index (χ1n) is 3.64. The van der Waals surface area contributed by atoms with Gasteiger partial charge in [0.25, 0.3) is 0 Å². The quantitative estimate of drug-likeness (QED) is 0.477. The summed E-state index contributed by atoms with van der Waals surface area (Å²) in [6.07, 6.45) is 0. The molecule has 1 heterocycles. The summed E-state index contributed by atoms with van der Waals surface area (Å²) in [5.41, 5.74) is 1.19. The monoisotopic (exact) mass is 386 g/mol. The van der Waals surface area contributed by atoms with Gasteiger partial charge in [0.05, 0.1) is 0 Å². The largest absolute Gasteiger partial charge is 0.144 e. The van der Waals surface area contributed by atoms with E-state index in [4.69, 9.17) is 11.6 Å². The van der Waals surface area contributed by atoms with Crippen LogP contribution in [-0.4, -0.2) is 0 Å². The van der Waals surface area contributed by atoms with Crippen molar-refractivity contribution in [3.63, 3.8) is 0 Å². The Morgan fingerprint density at radius 2 is 2.31 bits per heavy atom. The highest BCUT2D eigenvalue weighted by Gasteiger charge is 2.09. The third-order valence-corrected chi connectivity index (χ3v) is 4.88. The van der Waals surface area contributed by atoms with Crippen molar-refractivity contribution in [3.05, 3.63) is 31.1 Å². The molecule has 0 saturated heterocycles. The lowest BCUT2D eigenvalue weighted by molar-refractivity contribution is 1.37. The molecule has 1 aromatic heterocycles. The van der Waals surface area contributed by atoms with E-state index in [-0.39, 0.29) is 0 Å². The summed E-state index contributed by atoms with van der Waals surface area (Å²) in [6.45, 7) is 0. The topological polar surface area (TPSA) is 0 Å². The van der Waals surface area contributed by atoms with Crippen LogP contribution in [0.25, 0.3) is 10.1 Å². The third-order valence-electron chi connectivity index (χ3n) is 1.88. The molecule has 0 atom stereocenters. The minimum absolute atomic E-state index is 0.560. The fraction of sp³-hybridized carbons (Fsp3) is 0.111. The van der Waals surface area contributed by atoms with Crippen LogP contribution in [0.2, 0.25) is 0 Å². The molecule has 0 spiro atoms. The lowest BCUT2D eigenvalue weighted by Gasteiger charge is -2.04. The molecule has 0 nitrogen and oxygen atoms in total. The molecule has 4 heteroatoms. The van der Waals surface area contributed by atoms with Crippen LogP contribution >= 0.6 is 61.5 Å². The first-order valence-corrected chi connectivity index (χ1v) is 6.92. The predicted octanol–water partition coefficient (Wildman–Crippen LogP) is 5.01. The number of rotatable bonds is 1. The van der Waals surface area contributed by atoms with Gasteiger partial charge in [-0.15, -0.1) is 22.9 Å². The summed E-state index contributed by atoms with van der Waals surface area (Å²) >= 11 is 13.5. The number of halogens is 3. The van der Waals surface area contributed by atoms with E-state index in [1.165, 1.54) is 19.2 Å². The third kappa shape index (κ3) is 1.76. The van der Waals surface area contributed by atoms with Crippen molar-refractivity contribution < 1.29 is 0 Å². The van der Waals surface area contributed by atoms with Gasteiger partial charge in [0, 0.05) is 24.0 Å². The van der Waals surface area contributed by atoms with Gasteiger partial charge in [-0.1, -0.05) is 0 Å². The number of alkyl halides is 1. The second-order valence-electron chi connectivity index (χ2n) is 2.62. The Bertz CT molecular complexity index is 452. The number of benzene rings is 1. The van der Waals surface area contributed by atoms with Crippen LogP contribution in [0.5, 0.6) is 0 Å². The smallest absolute Gasteiger partial charge is 0.0496 e. The van der Waals surface area contributed by atoms with Crippen LogP contribution < -0.4 is 0 Å². The summed E-state index contributed by atoms with van der Waals surface area (Å²) in [6, 6.07) is 4.30. The molecule has 1 aromatic carbocycles. The highest BCUT2D eigenvalue weighted by molar-refractivity contribution is 14.1. The average molecular weight is 387 g/mol. The zero-order valence-electron chi connectivity index (χ0n) is 6.48. The maximum atomic E-state index is 5.87. The molecule has 0 N–H and O–H groups in total. The van der Waals surface area contributed by atoms with Gasteiger partial charge in [-0.2, -0.15) is 0 Å². The van der Waals surface area contributed by atoms with Gasteiger partial charge in [-0.05, 0) is 61.6 Å². The van der Waals surface area contributed by atoms with E-state index in [9.17, 15) is 0 Å². The molecule has 0 fully saturated rings. The molecule has 0 saturated carbocycles. The maximum Gasteiger partial charge on any atom is 0.0496 e. The van der Waals surface area contributed by atoms with Crippen LogP contribution in [0.1, 0.15) is 5.56 Å². The van der Waals surface area contributed by atoms with E-state index in [0.717, 1.165) is 4.47 Å². The van der Waals surface area contributed by atoms with Crippen LogP contribution in [0.4, 0.5) is 0 Å². The number of hydrogen-bond acceptors (Lipinski definition) is 1. The van der Waals surface area contributed by atoms with Gasteiger partial charge in [0.2, 0.25) is 0 Å². The highest BCUT2D eigenvalue weighted by Crippen LogP contribution is 2.35. The average Bonchev–Trinajstić information content (AvgIpc) is 2.53. The summed E-state index contributed by atoms with van der Waals surface area (Å²) in [5.74, 6) is 0.560. The Kier molecular flexibility index (Phi) is 3.18. The zero-order chi connectivity index (χ0) is 9.42. The summed E-state index contributed by atoms with van der Waals surface area (Å²) < 4.78 is 3.69. The molecule has 13 heavy (non-hydrogen) atoms. The Balaban J connectivity index is 2.85. The van der Waals surface area contributed by atoms with Gasteiger partial charge < -0.3 is 0 Å². The molecule has 0 radical (unpaired) electrons. The molecule has 2 rings (SSSR count). The fourth-order valence-corrected chi connectivity index (χ4v) is 4.89. The Labute approximate surface area is 108 Å². The van der Waals surface area contributed by atoms with Crippen molar-refractivity contribution >= 4 is 71.5 Å². The SMILES string of the molecule is ClCc1c(I)cc2sccc2c1Br. The molecular weight excluding hydrogens is 382 g/mol. The van der Waals surface area contributed by atoms with Crippen molar-refractivity contribution in [1.82, 2.24) is 0 Å². The predicted molar refractivity (Wildman–Crippen MR) is 71.8 cm³/mol. The highest BCUT2D eigenvalue weighted by atomic mass is 127. The van der Waals surface area contributed by atoms with E-state index in [0.29, 0.717) is 5.88 Å². The van der Waals surface area contributed by atoms with E-state index >= 15 is 0 Å². The molecule has 0 bridgehead atoms. The van der Waals surface area contributed by atoms with Gasteiger partial charge in [0.15, 0.2) is 0 Å². The van der Waals surface area contributed by atoms with Gasteiger partial charge >= 0.3 is 0 Å². The Hall–Kier alpha value is 0.680. The van der Waals surface area contributed by atoms with Crippen molar-refractivity contribution in [1.29, 1.82) is 0 Å². The standard InChI is InChI=1S/C9H5BrClIS/c10-9-5-1-2-13-8(5)3-7(12)6(9)4-11/h1-3H,4H2. The summed E-state index contributed by atoms with van der Waals surface area (Å²) in [4.78, 5) is 0. The number of hydrogen-bond donors (Lipinski definition) is 0. The van der Waals surface area contributed by atoms with Gasteiger partial charge in [0.1, 0.15) is 0 Å². The Morgan fingerprint density at radius 3 is 3.00 bits per heavy atom. The molecule has 68 valence electrons. The summed E-state index contributed by atoms with van der Waals surface area (Å²) in [7, 11) is 0. The van der Waals surface area contributed by atoms with E-state index in [2.05, 4.69) is 56.0 Å². The van der Waals surface area contributed by atoms with Crippen LogP contribution in [0.3, 0.4) is 0 Å². The summed E-state index contributed by atoms with van der Waals surface area (Å²) in [5, 5.41) is 3.37. The number of fused-ring (bicyclic) bond motifs is 1. The second kappa shape index (κ2) is 4.04. The maximum absolute atomic E-state index is 5.87. The first kappa shape index (κ1) is 10.2. The number of thiophene rings is 1. The molecule has 0 amide bonds. The van der Waals surface area contributed by atoms with Crippen molar-refractivity contribution in [2.24, 2.45) is 0 Å². The van der Waals surface area contributed by atoms with Crippen LogP contribution in [0.15, 0.2) is 22.0 Å². The van der Waals surface area contributed by atoms with E-state index in [1.807, 2.05) is 0 Å². The van der Waals surface area contributed by atoms with Crippen LogP contribution in [0, 0.1) is 3.57 Å². The van der Waals surface area contributed by atoms with Crippen molar-refractivity contribution in [3.8, 4) is 0 Å². The van der Waals surface area contributed by atoms with Crippen molar-refractivity contribution in [2.45, 2.75) is 5.88 Å². The molecule has 0 unspecified atom stereocenters. The molecule has 2 aromatic rings. The molecule has 0 aliphatic rings. The first-order chi connectivity index (χ1) is 6.24. The second-order valence-corrected chi connectivity index (χ2v) is 5.79. The Morgan fingerprint density at radius 1 is 1.54 bits per heavy atom. The van der Waals surface area contributed by atoms with Gasteiger partial charge in [-0.3, -0.25) is 0 Å². The van der Waals surface area contributed by atoms with Crippen molar-refractivity contribution in [2.75, 3.05) is 0 Å². The molecular formula is C9H5BrClIS. The zero-order valence-corrected chi connectivity index (χ0v) is 11.8. The van der Waals surface area contributed by atoms with E-state index in [1.54, 1.807) is 11.3 Å². The lowest BCUT2D eigenvalue weighted by atomic mass is 10.2.